The van der Waals surface area contributed by atoms with Gasteiger partial charge in [-0.15, -0.1) is 0 Å². The summed E-state index contributed by atoms with van der Waals surface area (Å²) in [4.78, 5) is 34.5. The van der Waals surface area contributed by atoms with Crippen LogP contribution in [0.4, 0.5) is 0 Å². The van der Waals surface area contributed by atoms with E-state index < -0.39 is 11.3 Å². The van der Waals surface area contributed by atoms with Crippen LogP contribution < -0.4 is 5.56 Å². The summed E-state index contributed by atoms with van der Waals surface area (Å²) in [6.45, 7) is 0. The first kappa shape index (κ1) is 13.5. The number of Topliss-reactive ketones (excluding diaryl/α,β-unsaturated/α-hetero) is 1. The minimum atomic E-state index is -0.722. The van der Waals surface area contributed by atoms with E-state index in [-0.39, 0.29) is 17.3 Å². The Labute approximate surface area is 120 Å². The molecule has 0 bridgehead atoms. The molecule has 1 aliphatic rings. The number of hydrogen-bond donors (Lipinski definition) is 2. The minimum absolute atomic E-state index is 0.167. The molecule has 0 unspecified atom stereocenters. The van der Waals surface area contributed by atoms with Gasteiger partial charge in [-0.2, -0.15) is 0 Å². The van der Waals surface area contributed by atoms with Crippen LogP contribution in [0.15, 0.2) is 29.2 Å². The second-order valence-electron chi connectivity index (χ2n) is 5.23. The molecule has 1 aliphatic carbocycles. The van der Waals surface area contributed by atoms with E-state index in [9.17, 15) is 14.7 Å². The Kier molecular flexibility index (Phi) is 3.51. The molecule has 6 heteroatoms. The minimum Gasteiger partial charge on any atom is -0.501 e. The van der Waals surface area contributed by atoms with Crippen LogP contribution in [0.1, 0.15) is 36.2 Å². The molecule has 0 amide bonds. The molecule has 3 rings (SSSR count). The molecule has 2 N–H and O–H groups in total. The van der Waals surface area contributed by atoms with Crippen LogP contribution in [0, 0.1) is 5.92 Å². The zero-order valence-electron chi connectivity index (χ0n) is 11.4. The zero-order valence-corrected chi connectivity index (χ0v) is 11.4. The number of aromatic hydroxyl groups is 1. The molecule has 108 valence electrons. The molecule has 1 saturated carbocycles. The number of nitrogens with one attached hydrogen (secondary N) is 1. The molecule has 0 radical (unpaired) electrons. The van der Waals surface area contributed by atoms with Gasteiger partial charge >= 0.3 is 0 Å². The Morgan fingerprint density at radius 2 is 2.19 bits per heavy atom. The van der Waals surface area contributed by atoms with Crippen LogP contribution in [0.25, 0.3) is 11.5 Å². The number of aromatic amines is 1. The van der Waals surface area contributed by atoms with E-state index in [1.165, 1.54) is 0 Å². The Morgan fingerprint density at radius 3 is 2.86 bits per heavy atom. The highest BCUT2D eigenvalue weighted by molar-refractivity contribution is 5.96. The molecular formula is C15H15N3O3. The normalized spacial score (nSPS) is 14.1. The van der Waals surface area contributed by atoms with Crippen LogP contribution in [0.5, 0.6) is 5.75 Å². The van der Waals surface area contributed by atoms with Crippen molar-refractivity contribution in [2.45, 2.75) is 25.7 Å². The largest absolute Gasteiger partial charge is 0.501 e. The van der Waals surface area contributed by atoms with Gasteiger partial charge in [-0.25, -0.2) is 4.98 Å². The molecule has 2 heterocycles. The summed E-state index contributed by atoms with van der Waals surface area (Å²) in [6, 6.07) is 5.17. The summed E-state index contributed by atoms with van der Waals surface area (Å²) in [7, 11) is 0. The topological polar surface area (TPSA) is 95.9 Å². The fourth-order valence-corrected chi connectivity index (χ4v) is 2.15. The average molecular weight is 285 g/mol. The number of hydrogen-bond acceptors (Lipinski definition) is 5. The second kappa shape index (κ2) is 5.47. The molecule has 2 aromatic rings. The number of nitrogens with zero attached hydrogens (tertiary/aromatic N) is 2. The molecule has 0 atom stereocenters. The zero-order chi connectivity index (χ0) is 14.8. The molecule has 2 aromatic heterocycles. The van der Waals surface area contributed by atoms with Crippen LogP contribution in [-0.2, 0) is 0 Å². The van der Waals surface area contributed by atoms with Gasteiger partial charge in [0, 0.05) is 12.6 Å². The van der Waals surface area contributed by atoms with Crippen molar-refractivity contribution in [2.75, 3.05) is 0 Å². The Morgan fingerprint density at radius 1 is 1.38 bits per heavy atom. The maximum atomic E-state index is 12.1. The average Bonchev–Trinajstić information content (AvgIpc) is 3.32. The standard InChI is InChI=1S/C15H15N3O3/c19-11(7-6-9-4-5-9)12-13(20)15(21)18-14(17-12)10-3-1-2-8-16-10/h1-3,8-9,20H,4-7H2,(H,17,18,21). The predicted octanol–water partition coefficient (Wildman–Crippen LogP) is 1.91. The van der Waals surface area contributed by atoms with Gasteiger partial charge in [-0.05, 0) is 24.5 Å². The Balaban J connectivity index is 1.93. The van der Waals surface area contributed by atoms with Crippen LogP contribution >= 0.6 is 0 Å². The van der Waals surface area contributed by atoms with Crippen molar-refractivity contribution in [3.63, 3.8) is 0 Å². The summed E-state index contributed by atoms with van der Waals surface area (Å²) >= 11 is 0. The maximum absolute atomic E-state index is 12.1. The Bertz CT molecular complexity index is 721. The lowest BCUT2D eigenvalue weighted by Gasteiger charge is -2.05. The highest BCUT2D eigenvalue weighted by Crippen LogP contribution is 2.34. The van der Waals surface area contributed by atoms with Gasteiger partial charge in [-0.3, -0.25) is 14.6 Å². The number of aromatic nitrogens is 3. The molecular weight excluding hydrogens is 270 g/mol. The lowest BCUT2D eigenvalue weighted by atomic mass is 10.1. The molecule has 1 fully saturated rings. The molecule has 0 spiro atoms. The van der Waals surface area contributed by atoms with Crippen molar-refractivity contribution in [1.82, 2.24) is 15.0 Å². The lowest BCUT2D eigenvalue weighted by Crippen LogP contribution is -2.15. The maximum Gasteiger partial charge on any atom is 0.294 e. The van der Waals surface area contributed by atoms with Crippen molar-refractivity contribution in [2.24, 2.45) is 5.92 Å². The quantitative estimate of drug-likeness (QED) is 0.818. The number of carbonyl (C=O) groups is 1. The molecule has 0 aromatic carbocycles. The second-order valence-corrected chi connectivity index (χ2v) is 5.23. The van der Waals surface area contributed by atoms with E-state index in [1.54, 1.807) is 24.4 Å². The van der Waals surface area contributed by atoms with Gasteiger partial charge in [0.15, 0.2) is 17.3 Å². The lowest BCUT2D eigenvalue weighted by molar-refractivity contribution is 0.0970. The Hall–Kier alpha value is -2.50. The van der Waals surface area contributed by atoms with E-state index in [1.807, 2.05) is 0 Å². The summed E-state index contributed by atoms with van der Waals surface area (Å²) < 4.78 is 0. The fraction of sp³-hybridized carbons (Fsp3) is 0.333. The van der Waals surface area contributed by atoms with Crippen molar-refractivity contribution in [3.05, 3.63) is 40.4 Å². The monoisotopic (exact) mass is 285 g/mol. The van der Waals surface area contributed by atoms with Gasteiger partial charge < -0.3 is 10.1 Å². The third kappa shape index (κ3) is 2.99. The number of rotatable bonds is 5. The van der Waals surface area contributed by atoms with Crippen molar-refractivity contribution in [1.29, 1.82) is 0 Å². The van der Waals surface area contributed by atoms with E-state index >= 15 is 0 Å². The van der Waals surface area contributed by atoms with Crippen LogP contribution in [0.2, 0.25) is 0 Å². The van der Waals surface area contributed by atoms with E-state index in [0.29, 0.717) is 18.0 Å². The van der Waals surface area contributed by atoms with Gasteiger partial charge in [0.1, 0.15) is 5.69 Å². The third-order valence-electron chi connectivity index (χ3n) is 3.54. The first-order chi connectivity index (χ1) is 10.1. The van der Waals surface area contributed by atoms with Crippen molar-refractivity contribution >= 4 is 5.78 Å². The summed E-state index contributed by atoms with van der Waals surface area (Å²) in [5.41, 5.74) is -0.439. The van der Waals surface area contributed by atoms with E-state index in [0.717, 1.165) is 19.3 Å². The number of H-pyrrole nitrogens is 1. The fourth-order valence-electron chi connectivity index (χ4n) is 2.15. The van der Waals surface area contributed by atoms with Crippen molar-refractivity contribution < 1.29 is 9.90 Å². The number of ketones is 1. The first-order valence-electron chi connectivity index (χ1n) is 6.93. The van der Waals surface area contributed by atoms with Gasteiger partial charge in [0.2, 0.25) is 5.75 Å². The third-order valence-corrected chi connectivity index (χ3v) is 3.54. The van der Waals surface area contributed by atoms with Gasteiger partial charge in [-0.1, -0.05) is 18.9 Å². The number of carbonyl (C=O) groups excluding carboxylic acids is 1. The van der Waals surface area contributed by atoms with Crippen LogP contribution in [0.3, 0.4) is 0 Å². The highest BCUT2D eigenvalue weighted by Gasteiger charge is 2.24. The van der Waals surface area contributed by atoms with Crippen molar-refractivity contribution in [3.8, 4) is 17.3 Å². The van der Waals surface area contributed by atoms with E-state index in [4.69, 9.17) is 0 Å². The molecule has 21 heavy (non-hydrogen) atoms. The smallest absolute Gasteiger partial charge is 0.294 e. The first-order valence-corrected chi connectivity index (χ1v) is 6.93. The highest BCUT2D eigenvalue weighted by atomic mass is 16.3. The summed E-state index contributed by atoms with van der Waals surface area (Å²) in [6.07, 6.45) is 4.96. The predicted molar refractivity (Wildman–Crippen MR) is 76.0 cm³/mol. The molecule has 0 saturated heterocycles. The SMILES string of the molecule is O=C(CCC1CC1)c1nc(-c2ccccn2)[nH]c(=O)c1O. The van der Waals surface area contributed by atoms with Gasteiger partial charge in [0.05, 0.1) is 0 Å². The molecule has 0 aliphatic heterocycles. The van der Waals surface area contributed by atoms with E-state index in [2.05, 4.69) is 15.0 Å². The van der Waals surface area contributed by atoms with Gasteiger partial charge in [0.25, 0.3) is 5.56 Å². The molecule has 6 nitrogen and oxygen atoms in total. The number of pyridine rings is 1. The summed E-state index contributed by atoms with van der Waals surface area (Å²) in [5, 5.41) is 9.77. The summed E-state index contributed by atoms with van der Waals surface area (Å²) in [5.74, 6) is -0.125. The van der Waals surface area contributed by atoms with Crippen LogP contribution in [-0.4, -0.2) is 25.8 Å².